The smallest absolute Gasteiger partial charge is 0.333 e. The molecule has 0 amide bonds. The molecule has 1 aromatic rings. The van der Waals surface area contributed by atoms with Crippen LogP contribution in [0.25, 0.3) is 0 Å². The highest BCUT2D eigenvalue weighted by molar-refractivity contribution is 5.04. The van der Waals surface area contributed by atoms with Gasteiger partial charge in [-0.3, -0.25) is 13.9 Å². The van der Waals surface area contributed by atoms with E-state index in [9.17, 15) is 19.1 Å². The Balaban J connectivity index is 2.43. The highest BCUT2D eigenvalue weighted by Gasteiger charge is 2.35. The quantitative estimate of drug-likeness (QED) is 0.735. The molecule has 1 aliphatic heterocycles. The first kappa shape index (κ1) is 14.9. The molecule has 0 aromatic carbocycles. The molecule has 0 unspecified atom stereocenters. The average Bonchev–Trinajstić information content (AvgIpc) is 2.80. The van der Waals surface area contributed by atoms with E-state index in [2.05, 4.69) is 0 Å². The van der Waals surface area contributed by atoms with E-state index in [1.165, 1.54) is 13.1 Å². The molecule has 2 N–H and O–H groups in total. The number of aromatic nitrogens is 2. The minimum Gasteiger partial charge on any atom is -0.394 e. The predicted octanol–water partition coefficient (Wildman–Crippen LogP) is -1.07. The van der Waals surface area contributed by atoms with Gasteiger partial charge in [0.15, 0.2) is 0 Å². The van der Waals surface area contributed by atoms with Crippen molar-refractivity contribution in [1.29, 1.82) is 0 Å². The Bertz CT molecular complexity index is 596. The number of alkyl halides is 1. The Morgan fingerprint density at radius 1 is 1.50 bits per heavy atom. The molecule has 2 rings (SSSR count). The number of hydrogen-bond donors (Lipinski definition) is 2. The van der Waals surface area contributed by atoms with Crippen LogP contribution in [0.3, 0.4) is 0 Å². The summed E-state index contributed by atoms with van der Waals surface area (Å²) in [6.07, 6.45) is -0.984. The van der Waals surface area contributed by atoms with E-state index in [1.54, 1.807) is 0 Å². The van der Waals surface area contributed by atoms with Gasteiger partial charge in [-0.05, 0) is 6.92 Å². The van der Waals surface area contributed by atoms with Crippen molar-refractivity contribution in [3.05, 3.63) is 32.6 Å². The minimum absolute atomic E-state index is 0.123. The van der Waals surface area contributed by atoms with Gasteiger partial charge in [0.1, 0.15) is 19.0 Å². The van der Waals surface area contributed by atoms with Crippen LogP contribution >= 0.6 is 0 Å². The number of rotatable bonds is 4. The highest BCUT2D eigenvalue weighted by atomic mass is 18.2. The summed E-state index contributed by atoms with van der Waals surface area (Å²) in [5, 5.41) is 18.7. The molecule has 0 saturated carbocycles. The first-order valence-electron chi connectivity index (χ1n) is 6.32. The number of aliphatic hydroxyl groups is 2. The molecule has 0 bridgehead atoms. The van der Waals surface area contributed by atoms with Crippen molar-refractivity contribution in [2.75, 3.05) is 13.3 Å². The number of hydrogen-bond acceptors (Lipinski definition) is 5. The fraction of sp³-hybridized carbons (Fsp3) is 0.667. The zero-order chi connectivity index (χ0) is 14.9. The fourth-order valence-electron chi connectivity index (χ4n) is 2.30. The van der Waals surface area contributed by atoms with Gasteiger partial charge in [0, 0.05) is 18.2 Å². The zero-order valence-corrected chi connectivity index (χ0v) is 11.0. The molecule has 2 heterocycles. The maximum Gasteiger partial charge on any atom is 0.333 e. The summed E-state index contributed by atoms with van der Waals surface area (Å²) >= 11 is 0. The summed E-state index contributed by atoms with van der Waals surface area (Å²) in [6.45, 7) is 0.00148. The molecular formula is C12H17FN2O5. The van der Waals surface area contributed by atoms with Gasteiger partial charge in [0.25, 0.3) is 5.56 Å². The molecule has 0 spiro atoms. The van der Waals surface area contributed by atoms with Crippen molar-refractivity contribution in [2.24, 2.45) is 0 Å². The standard InChI is InChI=1S/C12H17FN2O5/c1-7-5-15(10-4-8(17)9(6-16)20-10)12(19)14(3-2-13)11(7)18/h5,8-10,16-17H,2-4,6H2,1H3/t8-,9+,10+/m0/s1/i13-1. The number of aliphatic hydroxyl groups excluding tert-OH is 2. The van der Waals surface area contributed by atoms with E-state index < -0.39 is 36.4 Å². The van der Waals surface area contributed by atoms with Crippen LogP contribution in [0.15, 0.2) is 15.8 Å². The van der Waals surface area contributed by atoms with Crippen LogP contribution in [0.1, 0.15) is 18.2 Å². The van der Waals surface area contributed by atoms with Crippen LogP contribution < -0.4 is 11.2 Å². The van der Waals surface area contributed by atoms with Gasteiger partial charge in [0.2, 0.25) is 0 Å². The van der Waals surface area contributed by atoms with Gasteiger partial charge >= 0.3 is 5.69 Å². The first-order chi connectivity index (χ1) is 9.49. The maximum atomic E-state index is 12.4. The molecule has 20 heavy (non-hydrogen) atoms. The van der Waals surface area contributed by atoms with Gasteiger partial charge in [-0.2, -0.15) is 0 Å². The molecule has 0 radical (unpaired) electrons. The Kier molecular flexibility index (Phi) is 4.36. The average molecular weight is 287 g/mol. The Labute approximate surface area is 113 Å². The van der Waals surface area contributed by atoms with E-state index in [4.69, 9.17) is 9.84 Å². The van der Waals surface area contributed by atoms with Crippen molar-refractivity contribution < 1.29 is 19.3 Å². The largest absolute Gasteiger partial charge is 0.394 e. The summed E-state index contributed by atoms with van der Waals surface area (Å²) in [6, 6.07) is 0. The van der Waals surface area contributed by atoms with Crippen LogP contribution in [-0.4, -0.2) is 44.8 Å². The molecule has 1 fully saturated rings. The third-order valence-corrected chi connectivity index (χ3v) is 3.37. The van der Waals surface area contributed by atoms with Crippen molar-refractivity contribution in [1.82, 2.24) is 9.13 Å². The van der Waals surface area contributed by atoms with Gasteiger partial charge < -0.3 is 14.9 Å². The highest BCUT2D eigenvalue weighted by Crippen LogP contribution is 2.27. The summed E-state index contributed by atoms with van der Waals surface area (Å²) < 4.78 is 19.8. The van der Waals surface area contributed by atoms with Gasteiger partial charge in [-0.25, -0.2) is 9.18 Å². The minimum atomic E-state index is -0.890. The number of aryl methyl sites for hydroxylation is 1. The van der Waals surface area contributed by atoms with E-state index in [-0.39, 0.29) is 25.1 Å². The lowest BCUT2D eigenvalue weighted by Gasteiger charge is -2.17. The van der Waals surface area contributed by atoms with Crippen LogP contribution in [-0.2, 0) is 11.3 Å². The van der Waals surface area contributed by atoms with Crippen molar-refractivity contribution in [3.8, 4) is 0 Å². The van der Waals surface area contributed by atoms with E-state index in [0.29, 0.717) is 0 Å². The monoisotopic (exact) mass is 287 g/mol. The summed E-state index contributed by atoms with van der Waals surface area (Å²) in [5.41, 5.74) is -0.946. The third kappa shape index (κ3) is 2.54. The summed E-state index contributed by atoms with van der Waals surface area (Å²) in [5.74, 6) is 0. The second-order valence-corrected chi connectivity index (χ2v) is 4.76. The molecule has 3 atom stereocenters. The maximum absolute atomic E-state index is 12.4. The third-order valence-electron chi connectivity index (χ3n) is 3.37. The molecule has 1 aromatic heterocycles. The Morgan fingerprint density at radius 3 is 2.75 bits per heavy atom. The zero-order valence-electron chi connectivity index (χ0n) is 11.0. The second kappa shape index (κ2) is 5.86. The normalized spacial score (nSPS) is 26.1. The molecular weight excluding hydrogens is 270 g/mol. The Morgan fingerprint density at radius 2 is 2.20 bits per heavy atom. The molecule has 1 aliphatic rings. The van der Waals surface area contributed by atoms with E-state index >= 15 is 0 Å². The van der Waals surface area contributed by atoms with Crippen molar-refractivity contribution in [3.63, 3.8) is 0 Å². The predicted molar refractivity (Wildman–Crippen MR) is 67.3 cm³/mol. The van der Waals surface area contributed by atoms with E-state index in [1.807, 2.05) is 0 Å². The second-order valence-electron chi connectivity index (χ2n) is 4.76. The molecule has 7 nitrogen and oxygen atoms in total. The number of ether oxygens (including phenoxy) is 1. The van der Waals surface area contributed by atoms with Gasteiger partial charge in [-0.1, -0.05) is 0 Å². The van der Waals surface area contributed by atoms with Crippen LogP contribution in [0, 0.1) is 6.92 Å². The first-order valence-corrected chi connectivity index (χ1v) is 6.32. The van der Waals surface area contributed by atoms with E-state index in [0.717, 1.165) is 9.13 Å². The SMILES string of the molecule is Cc1cn([C@H]2C[C@H](O)[C@@H](CO)O2)c(=O)n(CC[18F])c1=O. The lowest BCUT2D eigenvalue weighted by atomic mass is 10.2. The summed E-state index contributed by atoms with van der Waals surface area (Å²) in [7, 11) is 0. The molecule has 1 saturated heterocycles. The van der Waals surface area contributed by atoms with Gasteiger partial charge in [-0.15, -0.1) is 0 Å². The van der Waals surface area contributed by atoms with Crippen LogP contribution in [0.2, 0.25) is 0 Å². The molecule has 8 heteroatoms. The fourth-order valence-corrected chi connectivity index (χ4v) is 2.30. The Hall–Kier alpha value is -1.51. The topological polar surface area (TPSA) is 93.7 Å². The van der Waals surface area contributed by atoms with Crippen LogP contribution in [0.5, 0.6) is 0 Å². The van der Waals surface area contributed by atoms with Crippen molar-refractivity contribution >= 4 is 0 Å². The molecule has 112 valence electrons. The molecule has 0 aliphatic carbocycles. The van der Waals surface area contributed by atoms with Gasteiger partial charge in [0.05, 0.1) is 19.3 Å². The summed E-state index contributed by atoms with van der Waals surface area (Å²) in [4.78, 5) is 23.9. The lowest BCUT2D eigenvalue weighted by Crippen LogP contribution is -2.42. The van der Waals surface area contributed by atoms with Crippen LogP contribution in [0.4, 0.5) is 4.39 Å². The number of halogens is 1. The lowest BCUT2D eigenvalue weighted by molar-refractivity contribution is -0.0464. The number of nitrogens with zero attached hydrogens (tertiary/aromatic N) is 2. The van der Waals surface area contributed by atoms with Crippen molar-refractivity contribution in [2.45, 2.75) is 38.3 Å².